The first-order valence-electron chi connectivity index (χ1n) is 11.1. The second-order valence-electron chi connectivity index (χ2n) is 8.47. The van der Waals surface area contributed by atoms with Gasteiger partial charge >= 0.3 is 0 Å². The fourth-order valence-electron chi connectivity index (χ4n) is 4.67. The fourth-order valence-corrected chi connectivity index (χ4v) is 6.32. The van der Waals surface area contributed by atoms with E-state index in [1.54, 1.807) is 24.3 Å². The van der Waals surface area contributed by atoms with Crippen molar-refractivity contribution in [1.29, 1.82) is 0 Å². The second-order valence-corrected chi connectivity index (χ2v) is 10.8. The molecule has 1 heterocycles. The zero-order chi connectivity index (χ0) is 22.7. The van der Waals surface area contributed by atoms with Gasteiger partial charge in [-0.3, -0.25) is 4.79 Å². The van der Waals surface area contributed by atoms with Gasteiger partial charge in [0.1, 0.15) is 5.82 Å². The smallest absolute Gasteiger partial charge is 0.258 e. The predicted molar refractivity (Wildman–Crippen MR) is 122 cm³/mol. The topological polar surface area (TPSA) is 70.9 Å². The lowest BCUT2D eigenvalue weighted by molar-refractivity contribution is -0.930. The van der Waals surface area contributed by atoms with Crippen LogP contribution in [0.5, 0.6) is 0 Å². The number of halogens is 2. The van der Waals surface area contributed by atoms with Gasteiger partial charge in [-0.25, -0.2) is 12.8 Å². The third-order valence-corrected chi connectivity index (χ3v) is 8.71. The summed E-state index contributed by atoms with van der Waals surface area (Å²) >= 11 is 6.06. The van der Waals surface area contributed by atoms with E-state index in [2.05, 4.69) is 5.32 Å². The molecule has 4 rings (SSSR count). The first-order chi connectivity index (χ1) is 15.4. The highest BCUT2D eigenvalue weighted by atomic mass is 35.5. The number of rotatable bonds is 5. The quantitative estimate of drug-likeness (QED) is 0.691. The molecule has 2 aromatic rings. The molecule has 0 atom stereocenters. The molecular formula is C23H28ClFN3O3S+. The van der Waals surface area contributed by atoms with E-state index < -0.39 is 21.7 Å². The van der Waals surface area contributed by atoms with E-state index in [1.165, 1.54) is 47.4 Å². The van der Waals surface area contributed by atoms with Crippen molar-refractivity contribution in [2.75, 3.05) is 31.5 Å². The van der Waals surface area contributed by atoms with Crippen LogP contribution < -0.4 is 10.2 Å². The Hall–Kier alpha value is -2.00. The summed E-state index contributed by atoms with van der Waals surface area (Å²) < 4.78 is 42.3. The fraction of sp³-hybridized carbons (Fsp3) is 0.435. The highest BCUT2D eigenvalue weighted by Crippen LogP contribution is 2.24. The van der Waals surface area contributed by atoms with Gasteiger partial charge in [-0.1, -0.05) is 30.2 Å². The number of hydrogen-bond acceptors (Lipinski definition) is 3. The molecule has 0 spiro atoms. The molecule has 1 saturated heterocycles. The summed E-state index contributed by atoms with van der Waals surface area (Å²) in [6, 6.07) is 10.6. The molecule has 1 aliphatic carbocycles. The first-order valence-corrected chi connectivity index (χ1v) is 12.9. The number of nitrogens with one attached hydrogen (secondary N) is 2. The normalized spacial score (nSPS) is 19.1. The Bertz CT molecular complexity index is 1080. The molecule has 2 N–H and O–H groups in total. The summed E-state index contributed by atoms with van der Waals surface area (Å²) in [7, 11) is -3.82. The van der Waals surface area contributed by atoms with Gasteiger partial charge in [-0.15, -0.1) is 0 Å². The minimum Gasteiger partial charge on any atom is -0.330 e. The summed E-state index contributed by atoms with van der Waals surface area (Å²) in [5.74, 6) is -1.54. The molecule has 0 radical (unpaired) electrons. The molecule has 9 heteroatoms. The van der Waals surface area contributed by atoms with Gasteiger partial charge in [0.05, 0.1) is 53.4 Å². The Labute approximate surface area is 193 Å². The van der Waals surface area contributed by atoms with Gasteiger partial charge in [0.15, 0.2) is 0 Å². The highest BCUT2D eigenvalue weighted by Gasteiger charge is 2.34. The van der Waals surface area contributed by atoms with E-state index >= 15 is 0 Å². The number of benzene rings is 2. The van der Waals surface area contributed by atoms with E-state index in [9.17, 15) is 17.6 Å². The van der Waals surface area contributed by atoms with Crippen LogP contribution in [0.25, 0.3) is 0 Å². The van der Waals surface area contributed by atoms with E-state index in [4.69, 9.17) is 11.6 Å². The van der Waals surface area contributed by atoms with Crippen LogP contribution in [0.15, 0.2) is 47.4 Å². The molecule has 0 aromatic heterocycles. The maximum Gasteiger partial charge on any atom is 0.258 e. The molecule has 2 fully saturated rings. The maximum atomic E-state index is 14.4. The van der Waals surface area contributed by atoms with Gasteiger partial charge in [0.25, 0.3) is 5.91 Å². The van der Waals surface area contributed by atoms with Crippen LogP contribution in [0.3, 0.4) is 0 Å². The number of hydrogen-bond donors (Lipinski definition) is 2. The van der Waals surface area contributed by atoms with Crippen LogP contribution in [0.4, 0.5) is 10.1 Å². The summed E-state index contributed by atoms with van der Waals surface area (Å²) in [5, 5.41) is 2.85. The zero-order valence-electron chi connectivity index (χ0n) is 17.8. The highest BCUT2D eigenvalue weighted by molar-refractivity contribution is 7.89. The van der Waals surface area contributed by atoms with Crippen LogP contribution in [-0.4, -0.2) is 50.9 Å². The number of anilines is 1. The Morgan fingerprint density at radius 1 is 1.06 bits per heavy atom. The number of piperazine rings is 1. The summed E-state index contributed by atoms with van der Waals surface area (Å²) in [6.45, 7) is 2.38. The van der Waals surface area contributed by atoms with Gasteiger partial charge in [-0.2, -0.15) is 4.31 Å². The molecule has 0 unspecified atom stereocenters. The molecule has 1 aliphatic heterocycles. The standard InChI is InChI=1S/C23H27ClFN3O3S/c24-20-8-4-5-9-22(20)26-23(29)19-16-18(10-11-21(19)25)32(30,31)28-14-12-27(13-15-28)17-6-2-1-3-7-17/h4-5,8-11,16-17H,1-3,6-7,12-15H2,(H,26,29)/p+1. The second kappa shape index (κ2) is 9.87. The number of carbonyl (C=O) groups is 1. The van der Waals surface area contributed by atoms with Crippen molar-refractivity contribution in [1.82, 2.24) is 4.31 Å². The molecule has 1 amide bonds. The Morgan fingerprint density at radius 2 is 1.75 bits per heavy atom. The monoisotopic (exact) mass is 480 g/mol. The lowest BCUT2D eigenvalue weighted by Crippen LogP contribution is -3.18. The van der Waals surface area contributed by atoms with E-state index in [-0.39, 0.29) is 10.5 Å². The van der Waals surface area contributed by atoms with E-state index in [0.717, 1.165) is 25.2 Å². The molecule has 32 heavy (non-hydrogen) atoms. The number of para-hydroxylation sites is 1. The molecule has 2 aromatic carbocycles. The molecule has 1 saturated carbocycles. The SMILES string of the molecule is O=C(Nc1ccccc1Cl)c1cc(S(=O)(=O)N2CC[NH+](C3CCCCC3)CC2)ccc1F. The average molecular weight is 481 g/mol. The van der Waals surface area contributed by atoms with Crippen molar-refractivity contribution in [2.24, 2.45) is 0 Å². The van der Waals surface area contributed by atoms with Gasteiger partial charge in [0.2, 0.25) is 10.0 Å². The van der Waals surface area contributed by atoms with Crippen LogP contribution in [0.2, 0.25) is 5.02 Å². The van der Waals surface area contributed by atoms with Gasteiger partial charge in [0, 0.05) is 0 Å². The Morgan fingerprint density at radius 3 is 2.44 bits per heavy atom. The third kappa shape index (κ3) is 4.98. The van der Waals surface area contributed by atoms with Crippen LogP contribution in [0, 0.1) is 5.82 Å². The summed E-state index contributed by atoms with van der Waals surface area (Å²) in [6.07, 6.45) is 6.23. The van der Waals surface area contributed by atoms with Gasteiger partial charge < -0.3 is 10.2 Å². The molecule has 0 bridgehead atoms. The minimum absolute atomic E-state index is 0.0793. The zero-order valence-corrected chi connectivity index (χ0v) is 19.4. The van der Waals surface area contributed by atoms with Crippen molar-refractivity contribution < 1.29 is 22.5 Å². The largest absolute Gasteiger partial charge is 0.330 e. The number of quaternary nitrogens is 1. The van der Waals surface area contributed by atoms with Crippen molar-refractivity contribution in [3.05, 3.63) is 58.9 Å². The molecular weight excluding hydrogens is 453 g/mol. The Kier molecular flexibility index (Phi) is 7.14. The third-order valence-electron chi connectivity index (χ3n) is 6.49. The van der Waals surface area contributed by atoms with E-state index in [1.807, 2.05) is 0 Å². The molecule has 6 nitrogen and oxygen atoms in total. The minimum atomic E-state index is -3.82. The van der Waals surface area contributed by atoms with Crippen molar-refractivity contribution in [3.8, 4) is 0 Å². The van der Waals surface area contributed by atoms with Crippen molar-refractivity contribution >= 4 is 33.2 Å². The maximum absolute atomic E-state index is 14.4. The van der Waals surface area contributed by atoms with Crippen LogP contribution in [-0.2, 0) is 10.0 Å². The number of sulfonamides is 1. The summed E-state index contributed by atoms with van der Waals surface area (Å²) in [5.41, 5.74) is -0.00824. The van der Waals surface area contributed by atoms with E-state index in [0.29, 0.717) is 29.8 Å². The summed E-state index contributed by atoms with van der Waals surface area (Å²) in [4.78, 5) is 14.0. The number of carbonyl (C=O) groups excluding carboxylic acids is 1. The van der Waals surface area contributed by atoms with Crippen LogP contribution >= 0.6 is 11.6 Å². The predicted octanol–water partition coefficient (Wildman–Crippen LogP) is 2.95. The number of nitrogens with zero attached hydrogens (tertiary/aromatic N) is 1. The number of amides is 1. The lowest BCUT2D eigenvalue weighted by atomic mass is 9.94. The van der Waals surface area contributed by atoms with Crippen molar-refractivity contribution in [2.45, 2.75) is 43.0 Å². The van der Waals surface area contributed by atoms with Gasteiger partial charge in [-0.05, 0) is 56.0 Å². The molecule has 172 valence electrons. The van der Waals surface area contributed by atoms with Crippen LogP contribution in [0.1, 0.15) is 42.5 Å². The lowest BCUT2D eigenvalue weighted by Gasteiger charge is -2.37. The van der Waals surface area contributed by atoms with Crippen molar-refractivity contribution in [3.63, 3.8) is 0 Å². The molecule has 2 aliphatic rings. The average Bonchev–Trinajstić information content (AvgIpc) is 2.81. The first kappa shape index (κ1) is 23.2. The Balaban J connectivity index is 1.48.